The topological polar surface area (TPSA) is 34.0 Å². The van der Waals surface area contributed by atoms with Gasteiger partial charge in [0, 0.05) is 18.2 Å². The molecule has 1 aromatic heterocycles. The Morgan fingerprint density at radius 2 is 1.78 bits per heavy atom. The number of aryl methyl sites for hydroxylation is 1. The van der Waals surface area contributed by atoms with Crippen LogP contribution in [0.1, 0.15) is 49.8 Å². The highest BCUT2D eigenvalue weighted by atomic mass is 16.1. The molecule has 0 amide bonds. The van der Waals surface area contributed by atoms with E-state index in [1.54, 1.807) is 0 Å². The lowest BCUT2D eigenvalue weighted by Gasteiger charge is -2.20. The summed E-state index contributed by atoms with van der Waals surface area (Å²) in [6, 6.07) is 13.1. The first-order valence-corrected chi connectivity index (χ1v) is 8.73. The Kier molecular flexibility index (Phi) is 4.97. The van der Waals surface area contributed by atoms with Gasteiger partial charge in [-0.15, -0.1) is 0 Å². The summed E-state index contributed by atoms with van der Waals surface area (Å²) in [5.41, 5.74) is 4.55. The normalized spacial score (nSPS) is 15.2. The van der Waals surface area contributed by atoms with Crippen molar-refractivity contribution in [3.05, 3.63) is 57.9 Å². The van der Waals surface area contributed by atoms with E-state index in [1.165, 1.54) is 18.4 Å². The zero-order valence-corrected chi connectivity index (χ0v) is 14.1. The molecule has 0 atom stereocenters. The van der Waals surface area contributed by atoms with Gasteiger partial charge in [0.05, 0.1) is 5.69 Å². The summed E-state index contributed by atoms with van der Waals surface area (Å²) in [7, 11) is 1.89. The molecule has 0 radical (unpaired) electrons. The van der Waals surface area contributed by atoms with Crippen molar-refractivity contribution in [1.82, 2.24) is 9.88 Å². The summed E-state index contributed by atoms with van der Waals surface area (Å²) in [4.78, 5) is 13.0. The third kappa shape index (κ3) is 3.25. The van der Waals surface area contributed by atoms with Gasteiger partial charge >= 0.3 is 0 Å². The fourth-order valence-electron chi connectivity index (χ4n) is 3.59. The third-order valence-electron chi connectivity index (χ3n) is 4.91. The molecule has 3 nitrogen and oxygen atoms in total. The van der Waals surface area contributed by atoms with Crippen molar-refractivity contribution in [1.29, 1.82) is 0 Å². The molecule has 1 aliphatic carbocycles. The van der Waals surface area contributed by atoms with Crippen LogP contribution >= 0.6 is 0 Å². The van der Waals surface area contributed by atoms with Gasteiger partial charge in [0.1, 0.15) is 0 Å². The van der Waals surface area contributed by atoms with Crippen LogP contribution in [0, 0.1) is 0 Å². The number of nitrogens with zero attached hydrogens (tertiary/aromatic N) is 1. The molecule has 1 N–H and O–H groups in total. The summed E-state index contributed by atoms with van der Waals surface area (Å²) in [5.74, 6) is 0. The molecule has 3 heteroatoms. The van der Waals surface area contributed by atoms with Gasteiger partial charge in [-0.2, -0.15) is 0 Å². The molecule has 0 spiro atoms. The van der Waals surface area contributed by atoms with Crippen molar-refractivity contribution >= 4 is 0 Å². The Bertz CT molecular complexity index is 709. The van der Waals surface area contributed by atoms with E-state index in [0.29, 0.717) is 12.6 Å². The van der Waals surface area contributed by atoms with E-state index in [9.17, 15) is 4.79 Å². The predicted octanol–water partition coefficient (Wildman–Crippen LogP) is 3.91. The molecule has 1 saturated carbocycles. The number of pyridine rings is 1. The van der Waals surface area contributed by atoms with Crippen LogP contribution < -0.4 is 10.9 Å². The van der Waals surface area contributed by atoms with Crippen molar-refractivity contribution in [2.75, 3.05) is 7.05 Å². The monoisotopic (exact) mass is 310 g/mol. The van der Waals surface area contributed by atoms with Gasteiger partial charge in [-0.1, -0.05) is 50.1 Å². The molecular weight excluding hydrogens is 284 g/mol. The minimum atomic E-state index is 0.170. The third-order valence-corrected chi connectivity index (χ3v) is 4.91. The Hall–Kier alpha value is -1.87. The molecule has 1 fully saturated rings. The minimum absolute atomic E-state index is 0.170. The molecule has 122 valence electrons. The van der Waals surface area contributed by atoms with E-state index >= 15 is 0 Å². The number of rotatable bonds is 5. The first-order chi connectivity index (χ1) is 11.2. The van der Waals surface area contributed by atoms with Crippen LogP contribution in [0.15, 0.2) is 41.2 Å². The Labute approximate surface area is 138 Å². The zero-order chi connectivity index (χ0) is 16.2. The van der Waals surface area contributed by atoms with Crippen molar-refractivity contribution in [2.24, 2.45) is 0 Å². The minimum Gasteiger partial charge on any atom is -0.315 e. The van der Waals surface area contributed by atoms with Crippen LogP contribution in [0.4, 0.5) is 0 Å². The largest absolute Gasteiger partial charge is 0.315 e. The van der Waals surface area contributed by atoms with Gasteiger partial charge in [0.15, 0.2) is 0 Å². The van der Waals surface area contributed by atoms with Crippen molar-refractivity contribution in [3.63, 3.8) is 0 Å². The summed E-state index contributed by atoms with van der Waals surface area (Å²) in [6.45, 7) is 2.79. The molecule has 0 bridgehead atoms. The Morgan fingerprint density at radius 1 is 1.09 bits per heavy atom. The van der Waals surface area contributed by atoms with Crippen LogP contribution in [0.3, 0.4) is 0 Å². The molecule has 1 aliphatic rings. The molecule has 0 unspecified atom stereocenters. The van der Waals surface area contributed by atoms with Crippen LogP contribution in [0.25, 0.3) is 11.3 Å². The average Bonchev–Trinajstić information content (AvgIpc) is 3.11. The van der Waals surface area contributed by atoms with E-state index in [-0.39, 0.29) is 5.56 Å². The first-order valence-electron chi connectivity index (χ1n) is 8.73. The predicted molar refractivity (Wildman–Crippen MR) is 95.8 cm³/mol. The van der Waals surface area contributed by atoms with Crippen molar-refractivity contribution in [2.45, 2.75) is 51.6 Å². The molecule has 0 saturated heterocycles. The van der Waals surface area contributed by atoms with Gasteiger partial charge in [0.2, 0.25) is 0 Å². The summed E-state index contributed by atoms with van der Waals surface area (Å²) in [6.07, 6.45) is 5.71. The standard InChI is InChI=1S/C20H26N2O/c1-3-15-8-10-16(11-9-15)19-13-12-17(14-21-2)20(23)22(19)18-6-4-5-7-18/h8-13,18,21H,3-7,14H2,1-2H3. The maximum absolute atomic E-state index is 13.0. The fraction of sp³-hybridized carbons (Fsp3) is 0.450. The van der Waals surface area contributed by atoms with Crippen LogP contribution in [-0.4, -0.2) is 11.6 Å². The molecule has 23 heavy (non-hydrogen) atoms. The highest BCUT2D eigenvalue weighted by Crippen LogP contribution is 2.32. The van der Waals surface area contributed by atoms with Gasteiger partial charge in [0.25, 0.3) is 5.56 Å². The number of hydrogen-bond acceptors (Lipinski definition) is 2. The summed E-state index contributed by atoms with van der Waals surface area (Å²) >= 11 is 0. The Morgan fingerprint density at radius 3 is 2.39 bits per heavy atom. The molecule has 1 aromatic carbocycles. The smallest absolute Gasteiger partial charge is 0.255 e. The van der Waals surface area contributed by atoms with Crippen molar-refractivity contribution in [3.8, 4) is 11.3 Å². The second-order valence-corrected chi connectivity index (χ2v) is 6.44. The fourth-order valence-corrected chi connectivity index (χ4v) is 3.59. The van der Waals surface area contributed by atoms with Gasteiger partial charge in [-0.05, 0) is 43.5 Å². The highest BCUT2D eigenvalue weighted by molar-refractivity contribution is 5.60. The van der Waals surface area contributed by atoms with Crippen molar-refractivity contribution < 1.29 is 0 Å². The average molecular weight is 310 g/mol. The number of nitrogens with one attached hydrogen (secondary N) is 1. The summed E-state index contributed by atoms with van der Waals surface area (Å²) < 4.78 is 2.06. The van der Waals surface area contributed by atoms with Gasteiger partial charge < -0.3 is 9.88 Å². The van der Waals surface area contributed by atoms with E-state index in [1.807, 2.05) is 13.1 Å². The van der Waals surface area contributed by atoms with Crippen LogP contribution in [-0.2, 0) is 13.0 Å². The zero-order valence-electron chi connectivity index (χ0n) is 14.1. The first kappa shape index (κ1) is 16.0. The quantitative estimate of drug-likeness (QED) is 0.908. The maximum Gasteiger partial charge on any atom is 0.255 e. The molecule has 1 heterocycles. The number of aromatic nitrogens is 1. The SMILES string of the molecule is CCc1ccc(-c2ccc(CNC)c(=O)n2C2CCCC2)cc1. The van der Waals surface area contributed by atoms with Gasteiger partial charge in [-0.3, -0.25) is 4.79 Å². The van der Waals surface area contributed by atoms with Gasteiger partial charge in [-0.25, -0.2) is 0 Å². The van der Waals surface area contributed by atoms with E-state index < -0.39 is 0 Å². The lowest BCUT2D eigenvalue weighted by atomic mass is 10.0. The Balaban J connectivity index is 2.10. The summed E-state index contributed by atoms with van der Waals surface area (Å²) in [5, 5.41) is 3.10. The maximum atomic E-state index is 13.0. The lowest BCUT2D eigenvalue weighted by molar-refractivity contribution is 0.503. The number of benzene rings is 1. The second-order valence-electron chi connectivity index (χ2n) is 6.44. The highest BCUT2D eigenvalue weighted by Gasteiger charge is 2.22. The van der Waals surface area contributed by atoms with E-state index in [0.717, 1.165) is 36.1 Å². The van der Waals surface area contributed by atoms with Crippen LogP contribution in [0.2, 0.25) is 0 Å². The molecular formula is C20H26N2O. The number of hydrogen-bond donors (Lipinski definition) is 1. The van der Waals surface area contributed by atoms with E-state index in [4.69, 9.17) is 0 Å². The molecule has 2 aromatic rings. The lowest BCUT2D eigenvalue weighted by Crippen LogP contribution is -2.29. The second kappa shape index (κ2) is 7.14. The van der Waals surface area contributed by atoms with E-state index in [2.05, 4.69) is 47.1 Å². The van der Waals surface area contributed by atoms with Crippen LogP contribution in [0.5, 0.6) is 0 Å². The molecule has 0 aliphatic heterocycles. The molecule has 3 rings (SSSR count).